The molecule has 3 aromatic rings. The summed E-state index contributed by atoms with van der Waals surface area (Å²) in [5.74, 6) is -0.458. The average Bonchev–Trinajstić information content (AvgIpc) is 3.42. The van der Waals surface area contributed by atoms with Crippen LogP contribution in [0.1, 0.15) is 29.8 Å². The van der Waals surface area contributed by atoms with Crippen LogP contribution in [-0.2, 0) is 0 Å². The fraction of sp³-hybridized carbons (Fsp3) is 0.400. The Balaban J connectivity index is 1.60. The summed E-state index contributed by atoms with van der Waals surface area (Å²) in [4.78, 5) is 23.0. The maximum absolute atomic E-state index is 13.9. The first-order chi connectivity index (χ1) is 14.5. The Labute approximate surface area is 173 Å². The smallest absolute Gasteiger partial charge is 0.276 e. The molecule has 9 nitrogen and oxygen atoms in total. The second-order valence-corrected chi connectivity index (χ2v) is 7.63. The molecule has 1 amide bonds. The van der Waals surface area contributed by atoms with E-state index in [0.717, 1.165) is 44.2 Å². The number of nitrogens with one attached hydrogen (secondary N) is 3. The van der Waals surface area contributed by atoms with E-state index < -0.39 is 11.7 Å². The summed E-state index contributed by atoms with van der Waals surface area (Å²) in [5, 5.41) is 13.9. The van der Waals surface area contributed by atoms with Crippen LogP contribution >= 0.6 is 0 Å². The summed E-state index contributed by atoms with van der Waals surface area (Å²) in [6.45, 7) is 1.71. The SMILES string of the molecule is CN(C)CCCNc1cc(NC2CC2)c2ncc(C(=O)Nc3ccncc3F)n2n1. The molecule has 0 unspecified atom stereocenters. The lowest BCUT2D eigenvalue weighted by Crippen LogP contribution is -2.19. The van der Waals surface area contributed by atoms with Crippen molar-refractivity contribution in [2.75, 3.05) is 43.1 Å². The summed E-state index contributed by atoms with van der Waals surface area (Å²) in [7, 11) is 4.06. The van der Waals surface area contributed by atoms with Crippen LogP contribution in [0.4, 0.5) is 21.6 Å². The van der Waals surface area contributed by atoms with Gasteiger partial charge in [0.25, 0.3) is 5.91 Å². The number of hydrogen-bond acceptors (Lipinski definition) is 7. The third-order valence-electron chi connectivity index (χ3n) is 4.75. The lowest BCUT2D eigenvalue weighted by Gasteiger charge is -2.13. The molecule has 0 bridgehead atoms. The molecule has 1 aliphatic carbocycles. The highest BCUT2D eigenvalue weighted by atomic mass is 19.1. The molecular weight excluding hydrogens is 387 g/mol. The molecule has 4 rings (SSSR count). The van der Waals surface area contributed by atoms with Gasteiger partial charge in [0.1, 0.15) is 5.82 Å². The molecule has 0 spiro atoms. The molecule has 3 N–H and O–H groups in total. The van der Waals surface area contributed by atoms with Crippen LogP contribution in [0, 0.1) is 5.82 Å². The zero-order valence-corrected chi connectivity index (χ0v) is 17.0. The zero-order chi connectivity index (χ0) is 21.1. The van der Waals surface area contributed by atoms with Gasteiger partial charge in [0.2, 0.25) is 0 Å². The molecule has 3 heterocycles. The lowest BCUT2D eigenvalue weighted by molar-refractivity contribution is 0.102. The molecule has 30 heavy (non-hydrogen) atoms. The van der Waals surface area contributed by atoms with Crippen molar-refractivity contribution in [3.8, 4) is 0 Å². The predicted molar refractivity (Wildman–Crippen MR) is 113 cm³/mol. The molecule has 0 saturated heterocycles. The second-order valence-electron chi connectivity index (χ2n) is 7.63. The topological polar surface area (TPSA) is 99.5 Å². The third-order valence-corrected chi connectivity index (χ3v) is 4.75. The zero-order valence-electron chi connectivity index (χ0n) is 17.0. The maximum atomic E-state index is 13.9. The number of hydrogen-bond donors (Lipinski definition) is 3. The number of halogens is 1. The first kappa shape index (κ1) is 20.0. The second kappa shape index (κ2) is 8.62. The van der Waals surface area contributed by atoms with E-state index in [9.17, 15) is 9.18 Å². The van der Waals surface area contributed by atoms with E-state index in [4.69, 9.17) is 0 Å². The maximum Gasteiger partial charge on any atom is 0.276 e. The van der Waals surface area contributed by atoms with Crippen molar-refractivity contribution in [3.05, 3.63) is 42.2 Å². The number of fused-ring (bicyclic) bond motifs is 1. The van der Waals surface area contributed by atoms with Crippen LogP contribution in [0.15, 0.2) is 30.7 Å². The largest absolute Gasteiger partial charge is 0.379 e. The van der Waals surface area contributed by atoms with Gasteiger partial charge in [-0.1, -0.05) is 0 Å². The molecule has 0 aromatic carbocycles. The van der Waals surface area contributed by atoms with Crippen molar-refractivity contribution in [2.24, 2.45) is 0 Å². The molecule has 158 valence electrons. The van der Waals surface area contributed by atoms with Crippen LogP contribution in [0.3, 0.4) is 0 Å². The van der Waals surface area contributed by atoms with Gasteiger partial charge in [0, 0.05) is 24.8 Å². The minimum Gasteiger partial charge on any atom is -0.379 e. The van der Waals surface area contributed by atoms with Gasteiger partial charge in [-0.2, -0.15) is 0 Å². The van der Waals surface area contributed by atoms with Crippen LogP contribution in [-0.4, -0.2) is 63.6 Å². The average molecular weight is 412 g/mol. The third kappa shape index (κ3) is 4.65. The van der Waals surface area contributed by atoms with Crippen LogP contribution in [0.25, 0.3) is 5.65 Å². The van der Waals surface area contributed by atoms with Gasteiger partial charge in [-0.25, -0.2) is 13.9 Å². The Morgan fingerprint density at radius 2 is 2.13 bits per heavy atom. The van der Waals surface area contributed by atoms with Crippen LogP contribution in [0.2, 0.25) is 0 Å². The summed E-state index contributed by atoms with van der Waals surface area (Å²) < 4.78 is 15.4. The summed E-state index contributed by atoms with van der Waals surface area (Å²) >= 11 is 0. The molecule has 0 aliphatic heterocycles. The number of anilines is 3. The number of pyridine rings is 1. The number of aromatic nitrogens is 4. The predicted octanol–water partition coefficient (Wildman–Crippen LogP) is 2.45. The number of amides is 1. The summed E-state index contributed by atoms with van der Waals surface area (Å²) in [6, 6.07) is 3.74. The Morgan fingerprint density at radius 1 is 1.30 bits per heavy atom. The Hall–Kier alpha value is -3.27. The molecule has 1 saturated carbocycles. The minimum absolute atomic E-state index is 0.0549. The van der Waals surface area contributed by atoms with Crippen molar-refractivity contribution in [3.63, 3.8) is 0 Å². The van der Waals surface area contributed by atoms with Crippen LogP contribution in [0.5, 0.6) is 0 Å². The number of carbonyl (C=O) groups is 1. The Kier molecular flexibility index (Phi) is 5.75. The molecule has 10 heteroatoms. The minimum atomic E-state index is -0.605. The fourth-order valence-electron chi connectivity index (χ4n) is 3.04. The van der Waals surface area contributed by atoms with Crippen molar-refractivity contribution in [1.29, 1.82) is 0 Å². The van der Waals surface area contributed by atoms with E-state index in [1.807, 2.05) is 20.2 Å². The van der Waals surface area contributed by atoms with Gasteiger partial charge in [0.15, 0.2) is 17.2 Å². The summed E-state index contributed by atoms with van der Waals surface area (Å²) in [6.07, 6.45) is 7.08. The number of nitrogens with zero attached hydrogens (tertiary/aromatic N) is 5. The number of rotatable bonds is 9. The number of imidazole rings is 1. The normalized spacial score (nSPS) is 13.6. The highest BCUT2D eigenvalue weighted by molar-refractivity contribution is 6.03. The molecule has 3 aromatic heterocycles. The van der Waals surface area contributed by atoms with Gasteiger partial charge in [-0.05, 0) is 46.0 Å². The molecular formula is C20H25FN8O. The van der Waals surface area contributed by atoms with Gasteiger partial charge in [0.05, 0.1) is 23.8 Å². The fourth-order valence-corrected chi connectivity index (χ4v) is 3.04. The first-order valence-corrected chi connectivity index (χ1v) is 9.96. The van der Waals surface area contributed by atoms with Gasteiger partial charge < -0.3 is 20.9 Å². The van der Waals surface area contributed by atoms with E-state index in [-0.39, 0.29) is 11.4 Å². The van der Waals surface area contributed by atoms with E-state index >= 15 is 0 Å². The first-order valence-electron chi connectivity index (χ1n) is 9.96. The van der Waals surface area contributed by atoms with Crippen molar-refractivity contribution >= 4 is 28.7 Å². The molecule has 1 aliphatic rings. The van der Waals surface area contributed by atoms with Crippen LogP contribution < -0.4 is 16.0 Å². The van der Waals surface area contributed by atoms with Gasteiger partial charge in [-0.15, -0.1) is 5.10 Å². The van der Waals surface area contributed by atoms with Gasteiger partial charge in [-0.3, -0.25) is 9.78 Å². The molecule has 0 atom stereocenters. The highest BCUT2D eigenvalue weighted by Crippen LogP contribution is 2.28. The molecule has 0 radical (unpaired) electrons. The Morgan fingerprint density at radius 3 is 2.87 bits per heavy atom. The van der Waals surface area contributed by atoms with Crippen molar-refractivity contribution < 1.29 is 9.18 Å². The van der Waals surface area contributed by atoms with Gasteiger partial charge >= 0.3 is 0 Å². The van der Waals surface area contributed by atoms with E-state index in [2.05, 4.69) is 35.9 Å². The van der Waals surface area contributed by atoms with E-state index in [1.165, 1.54) is 23.0 Å². The van der Waals surface area contributed by atoms with E-state index in [0.29, 0.717) is 17.5 Å². The number of carbonyl (C=O) groups excluding carboxylic acids is 1. The van der Waals surface area contributed by atoms with Crippen molar-refractivity contribution in [2.45, 2.75) is 25.3 Å². The summed E-state index contributed by atoms with van der Waals surface area (Å²) in [5.41, 5.74) is 1.65. The monoisotopic (exact) mass is 412 g/mol. The van der Waals surface area contributed by atoms with E-state index in [1.54, 1.807) is 0 Å². The highest BCUT2D eigenvalue weighted by Gasteiger charge is 2.24. The lowest BCUT2D eigenvalue weighted by atomic mass is 10.3. The standard InChI is InChI=1S/C20H25FN8O/c1-28(2)9-3-7-23-18-10-16(25-13-4-5-13)19-24-12-17(29(19)27-18)20(30)26-15-6-8-22-11-14(15)21/h6,8,10-13,25H,3-5,7,9H2,1-2H3,(H,23,27)(H,22,26,30). The Bertz CT molecular complexity index is 1050. The quantitative estimate of drug-likeness (QED) is 0.464. The molecule has 1 fully saturated rings. The van der Waals surface area contributed by atoms with Crippen molar-refractivity contribution in [1.82, 2.24) is 24.5 Å².